The largest absolute Gasteiger partial charge is 0.474 e. The fourth-order valence-electron chi connectivity index (χ4n) is 5.19. The van der Waals surface area contributed by atoms with Crippen molar-refractivity contribution in [3.63, 3.8) is 0 Å². The first-order chi connectivity index (χ1) is 17.8. The zero-order valence-corrected chi connectivity index (χ0v) is 22.0. The number of pyridine rings is 1. The minimum Gasteiger partial charge on any atom is -0.474 e. The van der Waals surface area contributed by atoms with Crippen LogP contribution in [0.15, 0.2) is 36.5 Å². The van der Waals surface area contributed by atoms with E-state index in [4.69, 9.17) is 38.5 Å². The van der Waals surface area contributed by atoms with E-state index in [-0.39, 0.29) is 42.1 Å². The Bertz CT molecular complexity index is 1230. The highest BCUT2D eigenvalue weighted by Crippen LogP contribution is 2.39. The number of nitriles is 2. The number of hydrogen-bond donors (Lipinski definition) is 0. The fourth-order valence-corrected chi connectivity index (χ4v) is 5.49. The number of ether oxygens (including phenoxy) is 1. The molecule has 2 aliphatic heterocycles. The van der Waals surface area contributed by atoms with Crippen molar-refractivity contribution < 1.29 is 14.3 Å². The highest BCUT2D eigenvalue weighted by atomic mass is 35.5. The molecule has 1 unspecified atom stereocenters. The number of likely N-dealkylation sites (tertiary alicyclic amines) is 2. The fraction of sp³-hybridized carbons (Fsp3) is 0.444. The van der Waals surface area contributed by atoms with E-state index in [0.717, 1.165) is 5.56 Å². The molecule has 2 amide bonds. The molecule has 0 spiro atoms. The molecule has 0 saturated carbocycles. The van der Waals surface area contributed by atoms with Crippen LogP contribution < -0.4 is 4.74 Å². The first-order valence-corrected chi connectivity index (χ1v) is 13.0. The van der Waals surface area contributed by atoms with E-state index in [1.54, 1.807) is 23.1 Å². The third kappa shape index (κ3) is 6.15. The van der Waals surface area contributed by atoms with Crippen molar-refractivity contribution >= 4 is 35.0 Å². The van der Waals surface area contributed by atoms with Crippen LogP contribution in [0.3, 0.4) is 0 Å². The lowest BCUT2D eigenvalue weighted by Crippen LogP contribution is -2.44. The molecule has 1 aromatic heterocycles. The van der Waals surface area contributed by atoms with Gasteiger partial charge in [-0.25, -0.2) is 4.98 Å². The minimum atomic E-state index is -0.275. The molecule has 0 N–H and O–H groups in total. The molecular weight excluding hydrogens is 513 g/mol. The number of nitrogens with zero attached hydrogens (tertiary/aromatic N) is 5. The maximum absolute atomic E-state index is 13.5. The Morgan fingerprint density at radius 1 is 1.11 bits per heavy atom. The second-order valence-corrected chi connectivity index (χ2v) is 10.3. The molecule has 2 aromatic rings. The summed E-state index contributed by atoms with van der Waals surface area (Å²) in [5.74, 6) is 0.0787. The molecule has 4 rings (SSSR count). The lowest BCUT2D eigenvalue weighted by molar-refractivity contribution is -0.139. The molecule has 0 aliphatic carbocycles. The number of rotatable bonds is 6. The molecular formula is C27H27Cl2N5O3. The lowest BCUT2D eigenvalue weighted by Gasteiger charge is -2.33. The van der Waals surface area contributed by atoms with E-state index in [9.17, 15) is 9.59 Å². The van der Waals surface area contributed by atoms with E-state index in [1.807, 2.05) is 36.1 Å². The maximum Gasteiger partial charge on any atom is 0.236 e. The van der Waals surface area contributed by atoms with Crippen LogP contribution in [-0.4, -0.2) is 58.9 Å². The van der Waals surface area contributed by atoms with E-state index in [2.05, 4.69) is 4.98 Å². The van der Waals surface area contributed by atoms with Gasteiger partial charge >= 0.3 is 0 Å². The van der Waals surface area contributed by atoms with Gasteiger partial charge in [-0.15, -0.1) is 0 Å². The Balaban J connectivity index is 1.49. The van der Waals surface area contributed by atoms with Crippen LogP contribution in [0.2, 0.25) is 10.0 Å². The number of carbonyl (C=O) groups excluding carboxylic acids is 2. The van der Waals surface area contributed by atoms with E-state index in [0.29, 0.717) is 60.5 Å². The van der Waals surface area contributed by atoms with Gasteiger partial charge in [-0.2, -0.15) is 10.5 Å². The van der Waals surface area contributed by atoms with Gasteiger partial charge in [-0.3, -0.25) is 9.59 Å². The SMILES string of the molecule is C[C@H](Oc1ccc(C#N)cn1)C1CN(C(=O)C2CCN(C(=O)CC#N)CC2)C[C@@H]1c1ccc(Cl)c(Cl)c1. The normalized spacial score (nSPS) is 20.7. The molecule has 1 aromatic carbocycles. The molecule has 0 bridgehead atoms. The third-order valence-corrected chi connectivity index (χ3v) is 7.99. The molecule has 37 heavy (non-hydrogen) atoms. The van der Waals surface area contributed by atoms with Crippen molar-refractivity contribution in [2.24, 2.45) is 11.8 Å². The third-order valence-electron chi connectivity index (χ3n) is 7.25. The first kappa shape index (κ1) is 26.7. The molecule has 3 heterocycles. The van der Waals surface area contributed by atoms with Crippen molar-refractivity contribution in [1.29, 1.82) is 10.5 Å². The van der Waals surface area contributed by atoms with Gasteiger partial charge in [0.1, 0.15) is 18.6 Å². The number of piperidine rings is 1. The topological polar surface area (TPSA) is 110 Å². The standard InChI is InChI=1S/C27H27Cl2N5O3/c1-17(37-25-5-2-18(13-31)14-32-25)21-15-34(16-22(21)20-3-4-23(28)24(29)12-20)27(36)19-7-10-33(11-8-19)26(35)6-9-30/h2-5,12,14,17,19,21-22H,6-8,10-11,15-16H2,1H3/t17-,21?,22+/m0/s1. The van der Waals surface area contributed by atoms with Gasteiger partial charge < -0.3 is 14.5 Å². The van der Waals surface area contributed by atoms with Crippen LogP contribution in [-0.2, 0) is 9.59 Å². The van der Waals surface area contributed by atoms with Crippen LogP contribution in [0.25, 0.3) is 0 Å². The van der Waals surface area contributed by atoms with Crippen molar-refractivity contribution in [2.75, 3.05) is 26.2 Å². The van der Waals surface area contributed by atoms with Crippen LogP contribution >= 0.6 is 23.2 Å². The number of aromatic nitrogens is 1. The summed E-state index contributed by atoms with van der Waals surface area (Å²) >= 11 is 12.5. The molecule has 10 heteroatoms. The number of hydrogen-bond acceptors (Lipinski definition) is 6. The van der Waals surface area contributed by atoms with Gasteiger partial charge in [0.2, 0.25) is 17.7 Å². The highest BCUT2D eigenvalue weighted by molar-refractivity contribution is 6.42. The minimum absolute atomic E-state index is 0.0237. The zero-order chi connectivity index (χ0) is 26.5. The van der Waals surface area contributed by atoms with Crippen LogP contribution in [0.1, 0.15) is 43.2 Å². The molecule has 3 atom stereocenters. The van der Waals surface area contributed by atoms with Gasteiger partial charge in [0.25, 0.3) is 0 Å². The Labute approximate surface area is 226 Å². The number of halogens is 2. The predicted molar refractivity (Wildman–Crippen MR) is 138 cm³/mol. The van der Waals surface area contributed by atoms with Crippen molar-refractivity contribution in [3.05, 3.63) is 57.7 Å². The monoisotopic (exact) mass is 539 g/mol. The van der Waals surface area contributed by atoms with Crippen LogP contribution in [0.4, 0.5) is 0 Å². The molecule has 8 nitrogen and oxygen atoms in total. The highest BCUT2D eigenvalue weighted by Gasteiger charge is 2.42. The second kappa shape index (κ2) is 11.8. The lowest BCUT2D eigenvalue weighted by atomic mass is 9.86. The zero-order valence-electron chi connectivity index (χ0n) is 20.4. The predicted octanol–water partition coefficient (Wildman–Crippen LogP) is 4.42. The summed E-state index contributed by atoms with van der Waals surface area (Å²) in [6.07, 6.45) is 2.22. The van der Waals surface area contributed by atoms with Gasteiger partial charge in [-0.1, -0.05) is 29.3 Å². The van der Waals surface area contributed by atoms with E-state index >= 15 is 0 Å². The molecule has 192 valence electrons. The van der Waals surface area contributed by atoms with Crippen molar-refractivity contribution in [3.8, 4) is 18.0 Å². The average Bonchev–Trinajstić information content (AvgIpc) is 3.36. The van der Waals surface area contributed by atoms with Crippen LogP contribution in [0, 0.1) is 34.5 Å². The number of amides is 2. The summed E-state index contributed by atoms with van der Waals surface area (Å²) in [5.41, 5.74) is 1.43. The summed E-state index contributed by atoms with van der Waals surface area (Å²) in [6, 6.07) is 12.8. The van der Waals surface area contributed by atoms with E-state index < -0.39 is 0 Å². The van der Waals surface area contributed by atoms with Gasteiger partial charge in [0, 0.05) is 56.2 Å². The summed E-state index contributed by atoms with van der Waals surface area (Å²) < 4.78 is 6.15. The smallest absolute Gasteiger partial charge is 0.236 e. The Kier molecular flexibility index (Phi) is 8.53. The van der Waals surface area contributed by atoms with Crippen molar-refractivity contribution in [2.45, 2.75) is 38.2 Å². The number of benzene rings is 1. The molecule has 2 fully saturated rings. The van der Waals surface area contributed by atoms with Gasteiger partial charge in [0.05, 0.1) is 21.7 Å². The summed E-state index contributed by atoms with van der Waals surface area (Å²) in [6.45, 7) is 3.95. The number of carbonyl (C=O) groups is 2. The summed E-state index contributed by atoms with van der Waals surface area (Å²) in [5, 5.41) is 18.7. The average molecular weight is 540 g/mol. The maximum atomic E-state index is 13.5. The molecule has 2 aliphatic rings. The summed E-state index contributed by atoms with van der Waals surface area (Å²) in [4.78, 5) is 33.4. The Hall–Kier alpha value is -3.33. The summed E-state index contributed by atoms with van der Waals surface area (Å²) in [7, 11) is 0. The molecule has 0 radical (unpaired) electrons. The Morgan fingerprint density at radius 2 is 1.86 bits per heavy atom. The molecule has 2 saturated heterocycles. The second-order valence-electron chi connectivity index (χ2n) is 9.50. The first-order valence-electron chi connectivity index (χ1n) is 12.2. The van der Waals surface area contributed by atoms with Gasteiger partial charge in [-0.05, 0) is 43.5 Å². The van der Waals surface area contributed by atoms with E-state index in [1.165, 1.54) is 6.20 Å². The van der Waals surface area contributed by atoms with Crippen molar-refractivity contribution in [1.82, 2.24) is 14.8 Å². The van der Waals surface area contributed by atoms with Crippen LogP contribution in [0.5, 0.6) is 5.88 Å². The Morgan fingerprint density at radius 3 is 2.49 bits per heavy atom. The van der Waals surface area contributed by atoms with Gasteiger partial charge in [0.15, 0.2) is 0 Å². The quantitative estimate of drug-likeness (QED) is 0.537.